The van der Waals surface area contributed by atoms with Crippen LogP contribution < -0.4 is 5.32 Å². The van der Waals surface area contributed by atoms with Crippen molar-refractivity contribution >= 4 is 17.7 Å². The topological polar surface area (TPSA) is 62.2 Å². The number of pyridine rings is 1. The van der Waals surface area contributed by atoms with Crippen LogP contribution in [0.3, 0.4) is 0 Å². The summed E-state index contributed by atoms with van der Waals surface area (Å²) in [6, 6.07) is 12.6. The molecule has 0 saturated heterocycles. The Labute approximate surface area is 141 Å². The van der Waals surface area contributed by atoms with Crippen LogP contribution in [-0.2, 0) is 0 Å². The van der Waals surface area contributed by atoms with Crippen molar-refractivity contribution in [1.82, 2.24) is 10.3 Å². The molecule has 0 spiro atoms. The Hall–Kier alpha value is -1.85. The molecular formula is C18H22N2O2S. The lowest BCUT2D eigenvalue weighted by Gasteiger charge is -2.27. The van der Waals surface area contributed by atoms with Crippen LogP contribution in [0.15, 0.2) is 53.7 Å². The molecule has 0 radical (unpaired) electrons. The molecule has 2 N–H and O–H groups in total. The summed E-state index contributed by atoms with van der Waals surface area (Å²) in [6.07, 6.45) is 2.75. The van der Waals surface area contributed by atoms with Gasteiger partial charge in [-0.25, -0.2) is 4.98 Å². The van der Waals surface area contributed by atoms with E-state index in [1.807, 2.05) is 56.5 Å². The van der Waals surface area contributed by atoms with Crippen molar-refractivity contribution in [3.8, 4) is 0 Å². The molecule has 23 heavy (non-hydrogen) atoms. The smallest absolute Gasteiger partial charge is 0.253 e. The second kappa shape index (κ2) is 8.13. The quantitative estimate of drug-likeness (QED) is 0.798. The minimum absolute atomic E-state index is 0.0904. The summed E-state index contributed by atoms with van der Waals surface area (Å²) in [5.41, 5.74) is 1.29. The maximum Gasteiger partial charge on any atom is 0.253 e. The summed E-state index contributed by atoms with van der Waals surface area (Å²) in [5.74, 6) is -0.133. The van der Waals surface area contributed by atoms with Gasteiger partial charge in [0, 0.05) is 6.20 Å². The van der Waals surface area contributed by atoms with E-state index < -0.39 is 6.10 Å². The number of carbonyl (C=O) groups excluding carboxylic acids is 1. The molecule has 0 saturated carbocycles. The fourth-order valence-electron chi connectivity index (χ4n) is 2.34. The number of thioether (sulfide) groups is 1. The lowest BCUT2D eigenvalue weighted by molar-refractivity contribution is 0.0759. The minimum atomic E-state index is -0.751. The second-order valence-electron chi connectivity index (χ2n) is 5.69. The van der Waals surface area contributed by atoms with Gasteiger partial charge in [-0.3, -0.25) is 4.79 Å². The Balaban J connectivity index is 2.13. The van der Waals surface area contributed by atoms with Crippen molar-refractivity contribution in [1.29, 1.82) is 0 Å². The van der Waals surface area contributed by atoms with E-state index in [9.17, 15) is 9.90 Å². The number of aliphatic hydroxyl groups is 1. The van der Waals surface area contributed by atoms with Crippen LogP contribution in [0.1, 0.15) is 35.9 Å². The molecule has 1 aromatic heterocycles. The summed E-state index contributed by atoms with van der Waals surface area (Å²) in [6.45, 7) is 3.96. The lowest BCUT2D eigenvalue weighted by Crippen LogP contribution is -2.43. The first-order valence-corrected chi connectivity index (χ1v) is 8.79. The third kappa shape index (κ3) is 4.56. The molecule has 122 valence electrons. The molecule has 2 atom stereocenters. The van der Waals surface area contributed by atoms with Gasteiger partial charge in [0.2, 0.25) is 0 Å². The zero-order chi connectivity index (χ0) is 16.8. The highest BCUT2D eigenvalue weighted by atomic mass is 32.2. The van der Waals surface area contributed by atoms with E-state index in [2.05, 4.69) is 10.3 Å². The number of benzene rings is 1. The predicted molar refractivity (Wildman–Crippen MR) is 93.5 cm³/mol. The van der Waals surface area contributed by atoms with Crippen molar-refractivity contribution in [3.63, 3.8) is 0 Å². The molecule has 0 unspecified atom stereocenters. The van der Waals surface area contributed by atoms with Gasteiger partial charge in [0.1, 0.15) is 0 Å². The molecule has 2 rings (SSSR count). The SMILES string of the molecule is CSc1ccc(C(=O)N[C@@H](C(C)C)[C@H](O)c2ccccc2)cn1. The number of nitrogens with one attached hydrogen (secondary N) is 1. The fraction of sp³-hybridized carbons (Fsp3) is 0.333. The van der Waals surface area contributed by atoms with Gasteiger partial charge in [0.25, 0.3) is 5.91 Å². The number of rotatable bonds is 6. The first-order valence-electron chi connectivity index (χ1n) is 7.57. The number of carbonyl (C=O) groups is 1. The van der Waals surface area contributed by atoms with Crippen molar-refractivity contribution < 1.29 is 9.90 Å². The van der Waals surface area contributed by atoms with Crippen molar-refractivity contribution in [2.24, 2.45) is 5.92 Å². The maximum absolute atomic E-state index is 12.4. The zero-order valence-corrected chi connectivity index (χ0v) is 14.4. The van der Waals surface area contributed by atoms with E-state index in [1.165, 1.54) is 11.8 Å². The second-order valence-corrected chi connectivity index (χ2v) is 6.51. The van der Waals surface area contributed by atoms with Gasteiger partial charge in [0.05, 0.1) is 22.7 Å². The van der Waals surface area contributed by atoms with Crippen LogP contribution in [0.5, 0.6) is 0 Å². The van der Waals surface area contributed by atoms with Crippen molar-refractivity contribution in [3.05, 3.63) is 59.8 Å². The molecule has 0 aliphatic heterocycles. The third-order valence-corrected chi connectivity index (χ3v) is 4.36. The molecule has 5 heteroatoms. The number of aliphatic hydroxyl groups excluding tert-OH is 1. The summed E-state index contributed by atoms with van der Waals surface area (Å²) in [7, 11) is 0. The standard InChI is InChI=1S/C18H22N2O2S/c1-12(2)16(17(21)13-7-5-4-6-8-13)20-18(22)14-9-10-15(23-3)19-11-14/h4-12,16-17,21H,1-3H3,(H,20,22)/t16-,17+/m0/s1. The molecule has 2 aromatic rings. The fourth-order valence-corrected chi connectivity index (χ4v) is 2.70. The van der Waals surface area contributed by atoms with E-state index >= 15 is 0 Å². The highest BCUT2D eigenvalue weighted by Crippen LogP contribution is 2.22. The average Bonchev–Trinajstić information content (AvgIpc) is 2.59. The Morgan fingerprint density at radius 3 is 2.39 bits per heavy atom. The first kappa shape index (κ1) is 17.5. The first-order chi connectivity index (χ1) is 11.0. The Morgan fingerprint density at radius 1 is 1.17 bits per heavy atom. The Kier molecular flexibility index (Phi) is 6.19. The van der Waals surface area contributed by atoms with E-state index in [0.717, 1.165) is 10.6 Å². The number of hydrogen-bond donors (Lipinski definition) is 2. The summed E-state index contributed by atoms with van der Waals surface area (Å²) < 4.78 is 0. The summed E-state index contributed by atoms with van der Waals surface area (Å²) in [4.78, 5) is 16.6. The van der Waals surface area contributed by atoms with Crippen LogP contribution in [0.25, 0.3) is 0 Å². The Bertz CT molecular complexity index is 629. The lowest BCUT2D eigenvalue weighted by atomic mass is 9.93. The molecule has 0 aliphatic carbocycles. The highest BCUT2D eigenvalue weighted by molar-refractivity contribution is 7.98. The van der Waals surface area contributed by atoms with Crippen LogP contribution in [0.2, 0.25) is 0 Å². The zero-order valence-electron chi connectivity index (χ0n) is 13.6. The molecule has 0 bridgehead atoms. The van der Waals surface area contributed by atoms with Gasteiger partial charge in [0.15, 0.2) is 0 Å². The van der Waals surface area contributed by atoms with E-state index in [0.29, 0.717) is 5.56 Å². The van der Waals surface area contributed by atoms with Gasteiger partial charge >= 0.3 is 0 Å². The average molecular weight is 330 g/mol. The minimum Gasteiger partial charge on any atom is -0.386 e. The number of hydrogen-bond acceptors (Lipinski definition) is 4. The summed E-state index contributed by atoms with van der Waals surface area (Å²) in [5, 5.41) is 14.4. The monoisotopic (exact) mass is 330 g/mol. The Morgan fingerprint density at radius 2 is 1.87 bits per heavy atom. The van der Waals surface area contributed by atoms with Gasteiger partial charge in [-0.2, -0.15) is 0 Å². The van der Waals surface area contributed by atoms with Crippen LogP contribution in [0, 0.1) is 5.92 Å². The molecule has 1 aromatic carbocycles. The van der Waals surface area contributed by atoms with Gasteiger partial charge in [-0.1, -0.05) is 44.2 Å². The van der Waals surface area contributed by atoms with E-state index in [-0.39, 0.29) is 17.9 Å². The van der Waals surface area contributed by atoms with Gasteiger partial charge in [-0.15, -0.1) is 11.8 Å². The van der Waals surface area contributed by atoms with Crippen molar-refractivity contribution in [2.45, 2.75) is 31.0 Å². The third-order valence-electron chi connectivity index (χ3n) is 3.70. The van der Waals surface area contributed by atoms with E-state index in [4.69, 9.17) is 0 Å². The van der Waals surface area contributed by atoms with Crippen molar-refractivity contribution in [2.75, 3.05) is 6.26 Å². The molecule has 4 nitrogen and oxygen atoms in total. The number of nitrogens with zero attached hydrogens (tertiary/aromatic N) is 1. The van der Waals surface area contributed by atoms with Crippen LogP contribution in [-0.4, -0.2) is 28.3 Å². The highest BCUT2D eigenvalue weighted by Gasteiger charge is 2.26. The molecule has 0 aliphatic rings. The molecule has 0 fully saturated rings. The number of amides is 1. The number of aromatic nitrogens is 1. The van der Waals surface area contributed by atoms with Gasteiger partial charge < -0.3 is 10.4 Å². The normalized spacial score (nSPS) is 13.6. The molecule has 1 amide bonds. The molecular weight excluding hydrogens is 308 g/mol. The van der Waals surface area contributed by atoms with Gasteiger partial charge in [-0.05, 0) is 29.9 Å². The summed E-state index contributed by atoms with van der Waals surface area (Å²) >= 11 is 1.53. The molecule has 1 heterocycles. The predicted octanol–water partition coefficient (Wildman–Crippen LogP) is 3.29. The van der Waals surface area contributed by atoms with E-state index in [1.54, 1.807) is 12.3 Å². The maximum atomic E-state index is 12.4. The van der Waals surface area contributed by atoms with Crippen LogP contribution >= 0.6 is 11.8 Å². The largest absolute Gasteiger partial charge is 0.386 e. The van der Waals surface area contributed by atoms with Crippen LogP contribution in [0.4, 0.5) is 0 Å².